The smallest absolute Gasteiger partial charge is 0.338 e. The van der Waals surface area contributed by atoms with Gasteiger partial charge < -0.3 is 4.74 Å². The maximum atomic E-state index is 12.1. The molecule has 0 aromatic heterocycles. The van der Waals surface area contributed by atoms with Crippen molar-refractivity contribution >= 4 is 17.8 Å². The van der Waals surface area contributed by atoms with Crippen molar-refractivity contribution < 1.29 is 19.1 Å². The molecule has 19 heavy (non-hydrogen) atoms. The van der Waals surface area contributed by atoms with E-state index in [9.17, 15) is 14.4 Å². The minimum atomic E-state index is -0.622. The summed E-state index contributed by atoms with van der Waals surface area (Å²) < 4.78 is 5.09. The van der Waals surface area contributed by atoms with E-state index in [2.05, 4.69) is 6.58 Å². The lowest BCUT2D eigenvalue weighted by molar-refractivity contribution is -0.130. The van der Waals surface area contributed by atoms with Gasteiger partial charge in [0.1, 0.15) is 5.75 Å². The summed E-state index contributed by atoms with van der Waals surface area (Å²) >= 11 is 0. The molecule has 0 fully saturated rings. The van der Waals surface area contributed by atoms with Crippen LogP contribution in [0.15, 0.2) is 30.4 Å². The number of carbonyl (C=O) groups is 3. The van der Waals surface area contributed by atoms with Crippen LogP contribution in [-0.2, 0) is 4.79 Å². The lowest BCUT2D eigenvalue weighted by atomic mass is 10.1. The molecule has 0 atom stereocenters. The van der Waals surface area contributed by atoms with Crippen molar-refractivity contribution in [1.29, 1.82) is 0 Å². The molecule has 1 aromatic carbocycles. The molecular formula is C14H13NO4. The van der Waals surface area contributed by atoms with E-state index in [0.717, 1.165) is 4.90 Å². The highest BCUT2D eigenvalue weighted by atomic mass is 16.5. The Balaban J connectivity index is 2.47. The predicted molar refractivity (Wildman–Crippen MR) is 67.9 cm³/mol. The topological polar surface area (TPSA) is 63.7 Å². The molecule has 5 nitrogen and oxygen atoms in total. The average molecular weight is 259 g/mol. The van der Waals surface area contributed by atoms with Crippen molar-refractivity contribution in [2.75, 3.05) is 6.54 Å². The fourth-order valence-corrected chi connectivity index (χ4v) is 1.86. The molecule has 0 radical (unpaired) electrons. The first-order valence-electron chi connectivity index (χ1n) is 5.84. The molecule has 0 bridgehead atoms. The molecule has 0 aliphatic carbocycles. The summed E-state index contributed by atoms with van der Waals surface area (Å²) in [6.45, 7) is 6.97. The van der Waals surface area contributed by atoms with Gasteiger partial charge in [0, 0.05) is 12.1 Å². The first-order valence-corrected chi connectivity index (χ1v) is 5.84. The molecular weight excluding hydrogens is 246 g/mol. The fourth-order valence-electron chi connectivity index (χ4n) is 1.86. The number of rotatable bonds is 3. The summed E-state index contributed by atoms with van der Waals surface area (Å²) in [5, 5.41) is 0. The Morgan fingerprint density at radius 2 is 2.00 bits per heavy atom. The second-order valence-electron chi connectivity index (χ2n) is 4.20. The highest BCUT2D eigenvalue weighted by molar-refractivity contribution is 6.22. The van der Waals surface area contributed by atoms with Crippen LogP contribution in [0.3, 0.4) is 0 Å². The largest absolute Gasteiger partial charge is 0.422 e. The third-order valence-electron chi connectivity index (χ3n) is 2.83. The highest BCUT2D eigenvalue weighted by Gasteiger charge is 2.37. The van der Waals surface area contributed by atoms with E-state index in [1.54, 1.807) is 19.1 Å². The quantitative estimate of drug-likeness (QED) is 0.359. The van der Waals surface area contributed by atoms with E-state index < -0.39 is 11.9 Å². The van der Waals surface area contributed by atoms with Crippen molar-refractivity contribution in [1.82, 2.24) is 4.90 Å². The predicted octanol–water partition coefficient (Wildman–Crippen LogP) is 1.78. The zero-order valence-corrected chi connectivity index (χ0v) is 10.7. The Labute approximate surface area is 110 Å². The van der Waals surface area contributed by atoms with Gasteiger partial charge in [-0.1, -0.05) is 12.6 Å². The summed E-state index contributed by atoms with van der Waals surface area (Å²) in [5.41, 5.74) is 0.629. The van der Waals surface area contributed by atoms with Crippen LogP contribution >= 0.6 is 0 Å². The molecule has 0 saturated carbocycles. The lowest BCUT2D eigenvalue weighted by Gasteiger charge is -2.10. The molecule has 0 N–H and O–H groups in total. The second kappa shape index (κ2) is 4.68. The molecule has 1 heterocycles. The average Bonchev–Trinajstić information content (AvgIpc) is 2.62. The standard InChI is InChI=1S/C14H13NO4/c1-4-15-12(16)9-6-5-7-10(11(9)13(15)17)19-14(18)8(2)3/h5-7H,2,4H2,1,3H3. The monoisotopic (exact) mass is 259 g/mol. The van der Waals surface area contributed by atoms with E-state index in [-0.39, 0.29) is 34.9 Å². The van der Waals surface area contributed by atoms with Gasteiger partial charge in [0.25, 0.3) is 11.8 Å². The summed E-state index contributed by atoms with van der Waals surface area (Å²) in [6.07, 6.45) is 0. The number of imide groups is 1. The lowest BCUT2D eigenvalue weighted by Crippen LogP contribution is -2.29. The van der Waals surface area contributed by atoms with Gasteiger partial charge in [0.05, 0.1) is 11.1 Å². The zero-order chi connectivity index (χ0) is 14.2. The molecule has 1 aromatic rings. The van der Waals surface area contributed by atoms with Crippen LogP contribution in [0.25, 0.3) is 0 Å². The fraction of sp³-hybridized carbons (Fsp3) is 0.214. The Bertz CT molecular complexity index is 603. The van der Waals surface area contributed by atoms with E-state index in [4.69, 9.17) is 4.74 Å². The molecule has 5 heteroatoms. The molecule has 2 amide bonds. The van der Waals surface area contributed by atoms with Crippen LogP contribution in [0.4, 0.5) is 0 Å². The van der Waals surface area contributed by atoms with Gasteiger partial charge in [-0.15, -0.1) is 0 Å². The van der Waals surface area contributed by atoms with E-state index in [1.165, 1.54) is 13.0 Å². The maximum absolute atomic E-state index is 12.1. The molecule has 98 valence electrons. The SMILES string of the molecule is C=C(C)C(=O)Oc1cccc2c1C(=O)N(CC)C2=O. The molecule has 1 aliphatic heterocycles. The van der Waals surface area contributed by atoms with Gasteiger partial charge in [-0.3, -0.25) is 14.5 Å². The Kier molecular flexibility index (Phi) is 3.21. The first kappa shape index (κ1) is 13.0. The summed E-state index contributed by atoms with van der Waals surface area (Å²) in [4.78, 5) is 36.7. The Morgan fingerprint density at radius 3 is 2.58 bits per heavy atom. The molecule has 1 aliphatic rings. The number of benzene rings is 1. The van der Waals surface area contributed by atoms with Gasteiger partial charge in [0.2, 0.25) is 0 Å². The van der Waals surface area contributed by atoms with E-state index in [0.29, 0.717) is 0 Å². The van der Waals surface area contributed by atoms with Crippen LogP contribution in [0, 0.1) is 0 Å². The van der Waals surface area contributed by atoms with E-state index >= 15 is 0 Å². The number of carbonyl (C=O) groups excluding carboxylic acids is 3. The van der Waals surface area contributed by atoms with Crippen molar-refractivity contribution in [3.63, 3.8) is 0 Å². The Hall–Kier alpha value is -2.43. The molecule has 0 saturated heterocycles. The number of fused-ring (bicyclic) bond motifs is 1. The number of nitrogens with zero attached hydrogens (tertiary/aromatic N) is 1. The van der Waals surface area contributed by atoms with Gasteiger partial charge in [-0.2, -0.15) is 0 Å². The number of esters is 1. The van der Waals surface area contributed by atoms with Gasteiger partial charge in [-0.05, 0) is 26.0 Å². The van der Waals surface area contributed by atoms with Gasteiger partial charge >= 0.3 is 5.97 Å². The third-order valence-corrected chi connectivity index (χ3v) is 2.83. The van der Waals surface area contributed by atoms with Crippen molar-refractivity contribution in [2.45, 2.75) is 13.8 Å². The van der Waals surface area contributed by atoms with Gasteiger partial charge in [-0.25, -0.2) is 4.79 Å². The minimum absolute atomic E-state index is 0.0970. The van der Waals surface area contributed by atoms with Crippen LogP contribution < -0.4 is 4.74 Å². The zero-order valence-electron chi connectivity index (χ0n) is 10.7. The third kappa shape index (κ3) is 2.03. The highest BCUT2D eigenvalue weighted by Crippen LogP contribution is 2.31. The van der Waals surface area contributed by atoms with Crippen LogP contribution in [0.2, 0.25) is 0 Å². The summed E-state index contributed by atoms with van der Waals surface area (Å²) in [7, 11) is 0. The number of ether oxygens (including phenoxy) is 1. The second-order valence-corrected chi connectivity index (χ2v) is 4.20. The molecule has 2 rings (SSSR count). The molecule has 0 spiro atoms. The van der Waals surface area contributed by atoms with Crippen molar-refractivity contribution in [3.05, 3.63) is 41.5 Å². The van der Waals surface area contributed by atoms with Crippen LogP contribution in [0.1, 0.15) is 34.6 Å². The maximum Gasteiger partial charge on any atom is 0.338 e. The van der Waals surface area contributed by atoms with Crippen LogP contribution in [0.5, 0.6) is 5.75 Å². The Morgan fingerprint density at radius 1 is 1.32 bits per heavy atom. The first-order chi connectivity index (χ1) is 8.97. The van der Waals surface area contributed by atoms with Crippen LogP contribution in [-0.4, -0.2) is 29.2 Å². The molecule has 0 unspecified atom stereocenters. The van der Waals surface area contributed by atoms with Gasteiger partial charge in [0.15, 0.2) is 0 Å². The minimum Gasteiger partial charge on any atom is -0.422 e. The van der Waals surface area contributed by atoms with Crippen molar-refractivity contribution in [2.24, 2.45) is 0 Å². The normalized spacial score (nSPS) is 13.5. The number of amides is 2. The number of hydrogen-bond acceptors (Lipinski definition) is 4. The number of hydrogen-bond donors (Lipinski definition) is 0. The van der Waals surface area contributed by atoms with Crippen molar-refractivity contribution in [3.8, 4) is 5.75 Å². The summed E-state index contributed by atoms with van der Waals surface area (Å²) in [5.74, 6) is -1.33. The summed E-state index contributed by atoms with van der Waals surface area (Å²) in [6, 6.07) is 4.61. The van der Waals surface area contributed by atoms with E-state index in [1.807, 2.05) is 0 Å².